The predicted molar refractivity (Wildman–Crippen MR) is 91.0 cm³/mol. The molecular weight excluding hydrogens is 373 g/mol. The first-order valence-corrected chi connectivity index (χ1v) is 7.66. The van der Waals surface area contributed by atoms with Crippen molar-refractivity contribution >= 4 is 34.9 Å². The molecule has 0 atom stereocenters. The van der Waals surface area contributed by atoms with Crippen LogP contribution >= 0.6 is 11.6 Å². The van der Waals surface area contributed by atoms with Gasteiger partial charge in [-0.15, -0.1) is 0 Å². The van der Waals surface area contributed by atoms with Gasteiger partial charge >= 0.3 is 12.1 Å². The summed E-state index contributed by atoms with van der Waals surface area (Å²) in [5.74, 6) is -1.66. The molecule has 2 aromatic rings. The summed E-state index contributed by atoms with van der Waals surface area (Å²) >= 11 is 5.78. The summed E-state index contributed by atoms with van der Waals surface area (Å²) in [6, 6.07) is 7.24. The van der Waals surface area contributed by atoms with Crippen LogP contribution in [-0.2, 0) is 15.7 Å². The quantitative estimate of drug-likeness (QED) is 0.613. The molecular formula is C17H14ClF3N2O3. The molecule has 3 N–H and O–H groups in total. The van der Waals surface area contributed by atoms with E-state index in [1.807, 2.05) is 0 Å². The second-order valence-electron chi connectivity index (χ2n) is 5.35. The number of rotatable bonds is 4. The lowest BCUT2D eigenvalue weighted by molar-refractivity contribution is -0.137. The highest BCUT2D eigenvalue weighted by Crippen LogP contribution is 2.33. The Kier molecular flexibility index (Phi) is 5.76. The van der Waals surface area contributed by atoms with Crippen LogP contribution in [0.5, 0.6) is 0 Å². The molecule has 0 fully saturated rings. The zero-order valence-electron chi connectivity index (χ0n) is 13.5. The zero-order valence-corrected chi connectivity index (χ0v) is 14.2. The molecule has 2 aromatic carbocycles. The molecule has 9 heteroatoms. The maximum atomic E-state index is 12.7. The lowest BCUT2D eigenvalue weighted by atomic mass is 10.1. The molecule has 138 valence electrons. The normalized spacial score (nSPS) is 11.1. The minimum atomic E-state index is -4.58. The minimum absolute atomic E-state index is 0.0828. The van der Waals surface area contributed by atoms with E-state index in [1.54, 1.807) is 19.1 Å². The summed E-state index contributed by atoms with van der Waals surface area (Å²) < 4.78 is 43.0. The Morgan fingerprint density at radius 2 is 1.92 bits per heavy atom. The van der Waals surface area contributed by atoms with E-state index in [2.05, 4.69) is 5.32 Å². The average Bonchev–Trinajstić information content (AvgIpc) is 2.56. The molecule has 0 radical (unpaired) electrons. The van der Waals surface area contributed by atoms with Crippen LogP contribution in [0.1, 0.15) is 21.5 Å². The number of nitrogen functional groups attached to an aromatic ring is 1. The SMILES string of the molecule is Cc1cccc(C(=O)OCC(=O)Nc2cc(C(F)(F)F)ccc2Cl)c1N. The van der Waals surface area contributed by atoms with Gasteiger partial charge in [-0.3, -0.25) is 4.79 Å². The maximum Gasteiger partial charge on any atom is 0.416 e. The molecule has 0 spiro atoms. The number of anilines is 2. The Hall–Kier alpha value is -2.74. The smallest absolute Gasteiger partial charge is 0.416 e. The van der Waals surface area contributed by atoms with Crippen LogP contribution < -0.4 is 11.1 Å². The van der Waals surface area contributed by atoms with Crippen molar-refractivity contribution in [3.05, 3.63) is 58.1 Å². The third kappa shape index (κ3) is 4.66. The number of amides is 1. The molecule has 0 bridgehead atoms. The fourth-order valence-corrected chi connectivity index (χ4v) is 2.22. The van der Waals surface area contributed by atoms with Crippen LogP contribution in [-0.4, -0.2) is 18.5 Å². The van der Waals surface area contributed by atoms with Crippen molar-refractivity contribution in [1.29, 1.82) is 0 Å². The van der Waals surface area contributed by atoms with Crippen LogP contribution in [0.2, 0.25) is 5.02 Å². The third-order valence-corrected chi connectivity index (χ3v) is 3.78. The van der Waals surface area contributed by atoms with Gasteiger partial charge in [-0.05, 0) is 36.8 Å². The Balaban J connectivity index is 2.03. The molecule has 2 rings (SSSR count). The average molecular weight is 387 g/mol. The van der Waals surface area contributed by atoms with E-state index in [-0.39, 0.29) is 22.0 Å². The molecule has 0 aliphatic carbocycles. The number of hydrogen-bond acceptors (Lipinski definition) is 4. The summed E-state index contributed by atoms with van der Waals surface area (Å²) in [4.78, 5) is 23.8. The molecule has 0 aliphatic rings. The van der Waals surface area contributed by atoms with Gasteiger partial charge in [0.15, 0.2) is 6.61 Å². The van der Waals surface area contributed by atoms with Gasteiger partial charge in [-0.2, -0.15) is 13.2 Å². The van der Waals surface area contributed by atoms with Crippen molar-refractivity contribution in [3.8, 4) is 0 Å². The molecule has 26 heavy (non-hydrogen) atoms. The van der Waals surface area contributed by atoms with Gasteiger partial charge in [-0.25, -0.2) is 4.79 Å². The van der Waals surface area contributed by atoms with Crippen molar-refractivity contribution in [2.24, 2.45) is 0 Å². The van der Waals surface area contributed by atoms with Crippen LogP contribution in [0.15, 0.2) is 36.4 Å². The van der Waals surface area contributed by atoms with Gasteiger partial charge in [0.25, 0.3) is 5.91 Å². The second-order valence-corrected chi connectivity index (χ2v) is 5.76. The fourth-order valence-electron chi connectivity index (χ4n) is 2.05. The Morgan fingerprint density at radius 1 is 1.23 bits per heavy atom. The van der Waals surface area contributed by atoms with Gasteiger partial charge in [0.2, 0.25) is 0 Å². The maximum absolute atomic E-state index is 12.7. The van der Waals surface area contributed by atoms with Gasteiger partial charge in [0.05, 0.1) is 21.8 Å². The highest BCUT2D eigenvalue weighted by atomic mass is 35.5. The molecule has 0 aromatic heterocycles. The number of halogens is 4. The number of para-hydroxylation sites is 1. The molecule has 0 saturated carbocycles. The summed E-state index contributed by atoms with van der Waals surface area (Å²) in [6.07, 6.45) is -4.58. The van der Waals surface area contributed by atoms with E-state index >= 15 is 0 Å². The molecule has 0 heterocycles. The Morgan fingerprint density at radius 3 is 2.58 bits per heavy atom. The molecule has 0 unspecified atom stereocenters. The van der Waals surface area contributed by atoms with Gasteiger partial charge < -0.3 is 15.8 Å². The summed E-state index contributed by atoms with van der Waals surface area (Å²) in [6.45, 7) is 0.993. The van der Waals surface area contributed by atoms with Gasteiger partial charge in [0, 0.05) is 5.69 Å². The first-order valence-electron chi connectivity index (χ1n) is 7.28. The summed E-state index contributed by atoms with van der Waals surface area (Å²) in [5.41, 5.74) is 5.54. The van der Waals surface area contributed by atoms with E-state index in [0.29, 0.717) is 11.6 Å². The number of aryl methyl sites for hydroxylation is 1. The largest absolute Gasteiger partial charge is 0.452 e. The van der Waals surface area contributed by atoms with Crippen molar-refractivity contribution in [2.45, 2.75) is 13.1 Å². The number of alkyl halides is 3. The standard InChI is InChI=1S/C17H14ClF3N2O3/c1-9-3-2-4-11(15(9)22)16(25)26-8-14(24)23-13-7-10(17(19,20)21)5-6-12(13)18/h2-7H,8,22H2,1H3,(H,23,24). The lowest BCUT2D eigenvalue weighted by Crippen LogP contribution is -2.22. The first-order chi connectivity index (χ1) is 12.1. The van der Waals surface area contributed by atoms with Crippen LogP contribution in [0.4, 0.5) is 24.5 Å². The van der Waals surface area contributed by atoms with E-state index in [9.17, 15) is 22.8 Å². The van der Waals surface area contributed by atoms with Crippen molar-refractivity contribution in [2.75, 3.05) is 17.7 Å². The fraction of sp³-hybridized carbons (Fsp3) is 0.176. The van der Waals surface area contributed by atoms with Crippen LogP contribution in [0.3, 0.4) is 0 Å². The van der Waals surface area contributed by atoms with Crippen molar-refractivity contribution in [1.82, 2.24) is 0 Å². The number of nitrogens with one attached hydrogen (secondary N) is 1. The number of ether oxygens (including phenoxy) is 1. The van der Waals surface area contributed by atoms with E-state index in [1.165, 1.54) is 6.07 Å². The minimum Gasteiger partial charge on any atom is -0.452 e. The highest BCUT2D eigenvalue weighted by molar-refractivity contribution is 6.33. The highest BCUT2D eigenvalue weighted by Gasteiger charge is 2.31. The number of hydrogen-bond donors (Lipinski definition) is 2. The van der Waals surface area contributed by atoms with Gasteiger partial charge in [-0.1, -0.05) is 23.7 Å². The molecule has 0 saturated heterocycles. The monoisotopic (exact) mass is 386 g/mol. The third-order valence-electron chi connectivity index (χ3n) is 3.45. The number of benzene rings is 2. The van der Waals surface area contributed by atoms with E-state index in [4.69, 9.17) is 22.1 Å². The lowest BCUT2D eigenvalue weighted by Gasteiger charge is -2.12. The Labute approximate surface area is 151 Å². The van der Waals surface area contributed by atoms with Crippen molar-refractivity contribution < 1.29 is 27.5 Å². The molecule has 1 amide bonds. The molecule has 0 aliphatic heterocycles. The van der Waals surface area contributed by atoms with E-state index in [0.717, 1.165) is 12.1 Å². The van der Waals surface area contributed by atoms with Crippen LogP contribution in [0.25, 0.3) is 0 Å². The number of nitrogens with two attached hydrogens (primary N) is 1. The topological polar surface area (TPSA) is 81.4 Å². The van der Waals surface area contributed by atoms with Gasteiger partial charge in [0.1, 0.15) is 0 Å². The summed E-state index contributed by atoms with van der Waals surface area (Å²) in [7, 11) is 0. The number of carbonyl (C=O) groups is 2. The zero-order chi connectivity index (χ0) is 19.5. The first kappa shape index (κ1) is 19.6. The predicted octanol–water partition coefficient (Wildman–Crippen LogP) is 4.04. The second kappa shape index (κ2) is 7.65. The Bertz CT molecular complexity index is 854. The number of esters is 1. The van der Waals surface area contributed by atoms with Crippen LogP contribution in [0, 0.1) is 6.92 Å². The van der Waals surface area contributed by atoms with Crippen molar-refractivity contribution in [3.63, 3.8) is 0 Å². The molecule has 5 nitrogen and oxygen atoms in total. The number of carbonyl (C=O) groups excluding carboxylic acids is 2. The summed E-state index contributed by atoms with van der Waals surface area (Å²) in [5, 5.41) is 2.09. The van der Waals surface area contributed by atoms with E-state index < -0.39 is 30.2 Å².